The van der Waals surface area contributed by atoms with E-state index < -0.39 is 5.78 Å². The van der Waals surface area contributed by atoms with Crippen LogP contribution in [0.1, 0.15) is 21.7 Å². The smallest absolute Gasteiger partial charge is 0.329 e. The van der Waals surface area contributed by atoms with Gasteiger partial charge in [-0.15, -0.1) is 0 Å². The van der Waals surface area contributed by atoms with Gasteiger partial charge in [-0.05, 0) is 36.8 Å². The van der Waals surface area contributed by atoms with Gasteiger partial charge in [0, 0.05) is 11.0 Å². The summed E-state index contributed by atoms with van der Waals surface area (Å²) in [5, 5.41) is 13.1. The van der Waals surface area contributed by atoms with Gasteiger partial charge in [0.25, 0.3) is 11.3 Å². The first kappa shape index (κ1) is 17.2. The maximum atomic E-state index is 12.5. The Morgan fingerprint density at radius 2 is 1.88 bits per heavy atom. The first-order chi connectivity index (χ1) is 11.9. The zero-order valence-corrected chi connectivity index (χ0v) is 14.6. The van der Waals surface area contributed by atoms with Gasteiger partial charge in [0.05, 0.1) is 20.2 Å². The van der Waals surface area contributed by atoms with E-state index in [1.165, 1.54) is 31.2 Å². The summed E-state index contributed by atoms with van der Waals surface area (Å²) >= 11 is 11.8. The largest absolute Gasteiger partial charge is 0.805 e. The minimum Gasteiger partial charge on any atom is -0.805 e. The van der Waals surface area contributed by atoms with Crippen LogP contribution in [-0.4, -0.2) is 10.5 Å². The molecule has 3 rings (SSSR count). The van der Waals surface area contributed by atoms with Crippen LogP contribution in [0.4, 0.5) is 0 Å². The topological polar surface area (TPSA) is 68.0 Å². The molecule has 126 valence electrons. The standard InChI is InChI=1S/C18H12Cl2N2O3/c1-11-18(22(25)16-5-3-2-4-15(16)21(11)24)17(23)9-7-12-6-8-13(19)14(20)10-12/h2-10H,1H3. The molecule has 0 unspecified atom stereocenters. The number of allylic oxidation sites excluding steroid dienone is 1. The van der Waals surface area contributed by atoms with Crippen molar-refractivity contribution in [2.75, 3.05) is 0 Å². The lowest BCUT2D eigenvalue weighted by Crippen LogP contribution is -2.29. The number of carbonyl (C=O) groups is 1. The Kier molecular flexibility index (Phi) is 4.61. The maximum absolute atomic E-state index is 12.5. The fourth-order valence-corrected chi connectivity index (χ4v) is 2.80. The van der Waals surface area contributed by atoms with Gasteiger partial charge in [-0.3, -0.25) is 4.79 Å². The van der Waals surface area contributed by atoms with Gasteiger partial charge in [0.15, 0.2) is 0 Å². The third-order valence-electron chi connectivity index (χ3n) is 3.77. The highest BCUT2D eigenvalue weighted by Crippen LogP contribution is 2.23. The van der Waals surface area contributed by atoms with Crippen molar-refractivity contribution in [3.8, 4) is 0 Å². The molecule has 0 aliphatic rings. The van der Waals surface area contributed by atoms with Crippen LogP contribution >= 0.6 is 23.2 Å². The number of hydrogen-bond donors (Lipinski definition) is 0. The van der Waals surface area contributed by atoms with Gasteiger partial charge >= 0.3 is 5.69 Å². The molecule has 0 bridgehead atoms. The highest BCUT2D eigenvalue weighted by molar-refractivity contribution is 6.42. The third-order valence-corrected chi connectivity index (χ3v) is 4.51. The fourth-order valence-electron chi connectivity index (χ4n) is 2.50. The number of para-hydroxylation sites is 2. The lowest BCUT2D eigenvalue weighted by molar-refractivity contribution is -0.468. The molecule has 0 radical (unpaired) electrons. The third kappa shape index (κ3) is 3.16. The minimum atomic E-state index is -0.575. The maximum Gasteiger partial charge on any atom is 0.329 e. The van der Waals surface area contributed by atoms with Crippen LogP contribution in [0.15, 0.2) is 48.5 Å². The molecule has 25 heavy (non-hydrogen) atoms. The normalized spacial score (nSPS) is 11.3. The van der Waals surface area contributed by atoms with Gasteiger partial charge in [-0.2, -0.15) is 0 Å². The molecule has 0 saturated carbocycles. The van der Waals surface area contributed by atoms with E-state index in [4.69, 9.17) is 23.2 Å². The molecule has 5 nitrogen and oxygen atoms in total. The molecule has 0 saturated heterocycles. The monoisotopic (exact) mass is 374 g/mol. The van der Waals surface area contributed by atoms with Gasteiger partial charge in [-0.1, -0.05) is 47.5 Å². The number of benzene rings is 2. The molecular weight excluding hydrogens is 363 g/mol. The van der Waals surface area contributed by atoms with E-state index in [1.807, 2.05) is 0 Å². The Balaban J connectivity index is 2.07. The summed E-state index contributed by atoms with van der Waals surface area (Å²) in [6.07, 6.45) is 2.74. The van der Waals surface area contributed by atoms with E-state index in [0.717, 1.165) is 0 Å². The zero-order valence-electron chi connectivity index (χ0n) is 13.1. The summed E-state index contributed by atoms with van der Waals surface area (Å²) in [5.41, 5.74) is 0.811. The average molecular weight is 375 g/mol. The van der Waals surface area contributed by atoms with E-state index >= 15 is 0 Å². The predicted molar refractivity (Wildman–Crippen MR) is 98.6 cm³/mol. The van der Waals surface area contributed by atoms with Crippen molar-refractivity contribution in [1.29, 1.82) is 0 Å². The van der Waals surface area contributed by atoms with Crippen molar-refractivity contribution < 1.29 is 9.22 Å². The number of rotatable bonds is 3. The first-order valence-electron chi connectivity index (χ1n) is 7.32. The highest BCUT2D eigenvalue weighted by atomic mass is 35.5. The van der Waals surface area contributed by atoms with Crippen LogP contribution in [0.5, 0.6) is 0 Å². The van der Waals surface area contributed by atoms with E-state index in [-0.39, 0.29) is 22.4 Å². The summed E-state index contributed by atoms with van der Waals surface area (Å²) in [6, 6.07) is 11.2. The number of carbonyl (C=O) groups excluding carboxylic acids is 1. The van der Waals surface area contributed by atoms with Crippen LogP contribution in [0.25, 0.3) is 17.1 Å². The van der Waals surface area contributed by atoms with Crippen LogP contribution in [0.2, 0.25) is 10.0 Å². The molecule has 0 amide bonds. The van der Waals surface area contributed by atoms with Gasteiger partial charge in [0.1, 0.15) is 5.52 Å². The van der Waals surface area contributed by atoms with Crippen LogP contribution in [0, 0.1) is 17.0 Å². The molecule has 7 heteroatoms. The number of hydrogen-bond acceptors (Lipinski definition) is 3. The van der Waals surface area contributed by atoms with Crippen molar-refractivity contribution in [2.45, 2.75) is 6.92 Å². The van der Waals surface area contributed by atoms with Crippen LogP contribution < -0.4 is 4.43 Å². The van der Waals surface area contributed by atoms with E-state index in [2.05, 4.69) is 0 Å². The molecule has 0 fully saturated rings. The van der Waals surface area contributed by atoms with Gasteiger partial charge in [0.2, 0.25) is 0 Å². The molecule has 1 heterocycles. The van der Waals surface area contributed by atoms with Crippen LogP contribution in [0.3, 0.4) is 0 Å². The second kappa shape index (κ2) is 6.70. The fraction of sp³-hybridized carbons (Fsp3) is 0.0556. The molecule has 0 spiro atoms. The summed E-state index contributed by atoms with van der Waals surface area (Å²) < 4.78 is 1.07. The second-order valence-electron chi connectivity index (χ2n) is 5.38. The lowest BCUT2D eigenvalue weighted by Gasteiger charge is -2.15. The molecule has 1 aromatic heterocycles. The Labute approximate surface area is 152 Å². The molecule has 3 aromatic rings. The number of aromatic nitrogens is 2. The minimum absolute atomic E-state index is 0.0393. The molecule has 0 aliphatic carbocycles. The number of ketones is 1. The predicted octanol–water partition coefficient (Wildman–Crippen LogP) is 4.41. The Hall–Kier alpha value is -2.63. The Morgan fingerprint density at radius 3 is 2.60 bits per heavy atom. The van der Waals surface area contributed by atoms with Crippen molar-refractivity contribution >= 4 is 46.1 Å². The van der Waals surface area contributed by atoms with E-state index in [1.54, 1.807) is 30.3 Å². The van der Waals surface area contributed by atoms with Gasteiger partial charge < -0.3 is 9.94 Å². The summed E-state index contributed by atoms with van der Waals surface area (Å²) in [7, 11) is 0. The number of fused-ring (bicyclic) bond motifs is 1. The van der Waals surface area contributed by atoms with E-state index in [0.29, 0.717) is 24.8 Å². The van der Waals surface area contributed by atoms with Crippen molar-refractivity contribution in [1.82, 2.24) is 4.73 Å². The Bertz CT molecular complexity index is 1090. The molecule has 0 N–H and O–H groups in total. The lowest BCUT2D eigenvalue weighted by atomic mass is 10.1. The zero-order chi connectivity index (χ0) is 18.1. The SMILES string of the molecule is Cc1c(C(=O)C=Cc2ccc(Cl)c(Cl)c2)[n+](=O)c2ccccc2n1[O-]. The quantitative estimate of drug-likeness (QED) is 0.387. The summed E-state index contributed by atoms with van der Waals surface area (Å²) in [6.45, 7) is 1.44. The first-order valence-corrected chi connectivity index (χ1v) is 8.07. The Morgan fingerprint density at radius 1 is 1.16 bits per heavy atom. The van der Waals surface area contributed by atoms with E-state index in [9.17, 15) is 14.9 Å². The van der Waals surface area contributed by atoms with Gasteiger partial charge in [-0.25, -0.2) is 0 Å². The second-order valence-corrected chi connectivity index (χ2v) is 6.20. The average Bonchev–Trinajstić information content (AvgIpc) is 2.61. The number of halogens is 2. The number of nitrogens with zero attached hydrogens (tertiary/aromatic N) is 2. The molecule has 0 atom stereocenters. The van der Waals surface area contributed by atoms with Crippen molar-refractivity contribution in [3.05, 3.63) is 85.7 Å². The molecular formula is C18H12Cl2N2O3. The van der Waals surface area contributed by atoms with Crippen molar-refractivity contribution in [3.63, 3.8) is 0 Å². The molecule has 2 aromatic carbocycles. The molecule has 0 aliphatic heterocycles. The summed E-state index contributed by atoms with van der Waals surface area (Å²) in [5.74, 6) is -0.575. The van der Waals surface area contributed by atoms with Crippen LogP contribution in [-0.2, 0) is 0 Å². The highest BCUT2D eigenvalue weighted by Gasteiger charge is 2.24. The summed E-state index contributed by atoms with van der Waals surface area (Å²) in [4.78, 5) is 25.0. The van der Waals surface area contributed by atoms with Crippen molar-refractivity contribution in [2.24, 2.45) is 0 Å².